The Morgan fingerprint density at radius 1 is 1.17 bits per heavy atom. The summed E-state index contributed by atoms with van der Waals surface area (Å²) in [5.74, 6) is 1.27. The molecule has 6 heteroatoms. The third kappa shape index (κ3) is 4.84. The molecule has 0 unspecified atom stereocenters. The van der Waals surface area contributed by atoms with E-state index in [-0.39, 0.29) is 29.9 Å². The van der Waals surface area contributed by atoms with Crippen LogP contribution in [0.1, 0.15) is 36.8 Å². The number of halogens is 1. The molecule has 2 aliphatic heterocycles. The number of hydrogen-bond donors (Lipinski definition) is 1. The fourth-order valence-corrected chi connectivity index (χ4v) is 3.37. The predicted octanol–water partition coefficient (Wildman–Crippen LogP) is 2.60. The van der Waals surface area contributed by atoms with Crippen molar-refractivity contribution in [1.29, 1.82) is 0 Å². The van der Waals surface area contributed by atoms with Crippen LogP contribution in [0.15, 0.2) is 29.3 Å². The highest BCUT2D eigenvalue weighted by atomic mass is 127. The zero-order valence-corrected chi connectivity index (χ0v) is 16.7. The highest BCUT2D eigenvalue weighted by molar-refractivity contribution is 14.0. The minimum Gasteiger partial charge on any atom is -0.352 e. The number of rotatable bonds is 4. The Morgan fingerprint density at radius 3 is 2.58 bits per heavy atom. The molecule has 2 heterocycles. The lowest BCUT2D eigenvalue weighted by Gasteiger charge is -2.21. The van der Waals surface area contributed by atoms with E-state index < -0.39 is 0 Å². The minimum absolute atomic E-state index is 0. The van der Waals surface area contributed by atoms with E-state index in [0.717, 1.165) is 45.1 Å². The van der Waals surface area contributed by atoms with Gasteiger partial charge in [0.2, 0.25) is 5.91 Å². The van der Waals surface area contributed by atoms with Gasteiger partial charge in [0.05, 0.1) is 0 Å². The summed E-state index contributed by atoms with van der Waals surface area (Å²) in [6, 6.07) is 8.49. The fourth-order valence-electron chi connectivity index (χ4n) is 3.37. The number of carbonyl (C=O) groups excluding carboxylic acids is 1. The summed E-state index contributed by atoms with van der Waals surface area (Å²) >= 11 is 0. The van der Waals surface area contributed by atoms with Crippen molar-refractivity contribution in [3.8, 4) is 0 Å². The highest BCUT2D eigenvalue weighted by Crippen LogP contribution is 2.15. The molecule has 0 aliphatic carbocycles. The zero-order valence-electron chi connectivity index (χ0n) is 14.3. The maximum atomic E-state index is 11.8. The summed E-state index contributed by atoms with van der Waals surface area (Å²) in [6.45, 7) is 4.58. The van der Waals surface area contributed by atoms with Gasteiger partial charge in [0, 0.05) is 46.2 Å². The third-order valence-electron chi connectivity index (χ3n) is 4.60. The summed E-state index contributed by atoms with van der Waals surface area (Å²) < 4.78 is 0. The Bertz CT molecular complexity index is 584. The molecule has 0 bridgehead atoms. The molecular weight excluding hydrogens is 415 g/mol. The van der Waals surface area contributed by atoms with Gasteiger partial charge < -0.3 is 15.1 Å². The first kappa shape index (κ1) is 19.0. The van der Waals surface area contributed by atoms with E-state index in [1.54, 1.807) is 0 Å². The van der Waals surface area contributed by atoms with Gasteiger partial charge in [-0.15, -0.1) is 24.0 Å². The van der Waals surface area contributed by atoms with Crippen LogP contribution in [0.25, 0.3) is 0 Å². The van der Waals surface area contributed by atoms with E-state index >= 15 is 0 Å². The number of nitrogens with zero attached hydrogens (tertiary/aromatic N) is 3. The molecule has 2 aliphatic rings. The molecule has 0 saturated carbocycles. The van der Waals surface area contributed by atoms with Crippen molar-refractivity contribution in [1.82, 2.24) is 15.1 Å². The largest absolute Gasteiger partial charge is 0.352 e. The SMILES string of the molecule is CN=C(NCc1cccc(CN2CCCC2=O)c1)N1CCCC1.I. The topological polar surface area (TPSA) is 47.9 Å². The van der Waals surface area contributed by atoms with Crippen LogP contribution in [0.4, 0.5) is 0 Å². The van der Waals surface area contributed by atoms with Crippen LogP contribution in [0, 0.1) is 0 Å². The van der Waals surface area contributed by atoms with E-state index in [4.69, 9.17) is 0 Å². The molecule has 132 valence electrons. The molecule has 2 fully saturated rings. The second-order valence-corrected chi connectivity index (χ2v) is 6.33. The van der Waals surface area contributed by atoms with Crippen molar-refractivity contribution in [2.45, 2.75) is 38.8 Å². The van der Waals surface area contributed by atoms with Gasteiger partial charge in [-0.05, 0) is 30.4 Å². The lowest BCUT2D eigenvalue weighted by atomic mass is 10.1. The second-order valence-electron chi connectivity index (χ2n) is 6.33. The van der Waals surface area contributed by atoms with Crippen LogP contribution < -0.4 is 5.32 Å². The molecule has 0 aromatic heterocycles. The van der Waals surface area contributed by atoms with Gasteiger partial charge in [0.25, 0.3) is 0 Å². The first-order chi connectivity index (χ1) is 11.3. The van der Waals surface area contributed by atoms with Gasteiger partial charge in [-0.2, -0.15) is 0 Å². The van der Waals surface area contributed by atoms with Crippen molar-refractivity contribution >= 4 is 35.8 Å². The normalized spacial score (nSPS) is 18.0. The standard InChI is InChI=1S/C18H26N4O.HI/c1-19-18(21-9-2-3-10-21)20-13-15-6-4-7-16(12-15)14-22-11-5-8-17(22)23;/h4,6-7,12H,2-3,5,8-11,13-14H2,1H3,(H,19,20);1H. The summed E-state index contributed by atoms with van der Waals surface area (Å²) in [7, 11) is 1.84. The summed E-state index contributed by atoms with van der Waals surface area (Å²) in [6.07, 6.45) is 4.19. The number of aliphatic imine (C=N–C) groups is 1. The average Bonchev–Trinajstić information content (AvgIpc) is 3.22. The van der Waals surface area contributed by atoms with Gasteiger partial charge in [-0.3, -0.25) is 9.79 Å². The molecule has 1 aromatic rings. The lowest BCUT2D eigenvalue weighted by molar-refractivity contribution is -0.128. The van der Waals surface area contributed by atoms with Crippen molar-refractivity contribution in [3.05, 3.63) is 35.4 Å². The van der Waals surface area contributed by atoms with E-state index in [1.165, 1.54) is 24.0 Å². The van der Waals surface area contributed by atoms with Gasteiger partial charge in [0.1, 0.15) is 0 Å². The number of amides is 1. The summed E-state index contributed by atoms with van der Waals surface area (Å²) in [5.41, 5.74) is 2.44. The maximum Gasteiger partial charge on any atom is 0.222 e. The van der Waals surface area contributed by atoms with Crippen LogP contribution in [-0.2, 0) is 17.9 Å². The monoisotopic (exact) mass is 442 g/mol. The Balaban J connectivity index is 0.00000208. The van der Waals surface area contributed by atoms with E-state index in [9.17, 15) is 4.79 Å². The molecule has 1 aromatic carbocycles. The van der Waals surface area contributed by atoms with Crippen molar-refractivity contribution in [2.75, 3.05) is 26.7 Å². The maximum absolute atomic E-state index is 11.8. The van der Waals surface area contributed by atoms with Gasteiger partial charge in [-0.25, -0.2) is 0 Å². The molecule has 2 saturated heterocycles. The predicted molar refractivity (Wildman–Crippen MR) is 108 cm³/mol. The Kier molecular flexibility index (Phi) is 7.33. The molecule has 1 amide bonds. The van der Waals surface area contributed by atoms with Gasteiger partial charge in [0.15, 0.2) is 5.96 Å². The quantitative estimate of drug-likeness (QED) is 0.443. The number of hydrogen-bond acceptors (Lipinski definition) is 2. The fraction of sp³-hybridized carbons (Fsp3) is 0.556. The van der Waals surface area contributed by atoms with Crippen LogP contribution in [0.5, 0.6) is 0 Å². The number of carbonyl (C=O) groups is 1. The van der Waals surface area contributed by atoms with Gasteiger partial charge >= 0.3 is 0 Å². The summed E-state index contributed by atoms with van der Waals surface area (Å²) in [5, 5.41) is 3.45. The second kappa shape index (κ2) is 9.25. The van der Waals surface area contributed by atoms with Crippen molar-refractivity contribution in [2.24, 2.45) is 4.99 Å². The Morgan fingerprint density at radius 2 is 1.92 bits per heavy atom. The number of likely N-dealkylation sites (tertiary alicyclic amines) is 2. The number of benzene rings is 1. The molecule has 0 atom stereocenters. The zero-order chi connectivity index (χ0) is 16.1. The molecule has 0 radical (unpaired) electrons. The smallest absolute Gasteiger partial charge is 0.222 e. The van der Waals surface area contributed by atoms with Crippen molar-refractivity contribution in [3.63, 3.8) is 0 Å². The lowest BCUT2D eigenvalue weighted by Crippen LogP contribution is -2.39. The van der Waals surface area contributed by atoms with E-state index in [1.807, 2.05) is 11.9 Å². The van der Waals surface area contributed by atoms with E-state index in [2.05, 4.69) is 39.5 Å². The van der Waals surface area contributed by atoms with Crippen LogP contribution >= 0.6 is 24.0 Å². The first-order valence-corrected chi connectivity index (χ1v) is 8.57. The molecule has 24 heavy (non-hydrogen) atoms. The molecular formula is C18H27IN4O. The average molecular weight is 442 g/mol. The Labute approximate surface area is 161 Å². The first-order valence-electron chi connectivity index (χ1n) is 8.57. The number of nitrogens with one attached hydrogen (secondary N) is 1. The Hall–Kier alpha value is -1.31. The summed E-state index contributed by atoms with van der Waals surface area (Å²) in [4.78, 5) is 20.4. The van der Waals surface area contributed by atoms with Gasteiger partial charge in [-0.1, -0.05) is 24.3 Å². The molecule has 1 N–H and O–H groups in total. The number of guanidine groups is 1. The molecule has 5 nitrogen and oxygen atoms in total. The molecule has 0 spiro atoms. The molecule has 3 rings (SSSR count). The highest BCUT2D eigenvalue weighted by Gasteiger charge is 2.20. The van der Waals surface area contributed by atoms with Crippen LogP contribution in [0.3, 0.4) is 0 Å². The van der Waals surface area contributed by atoms with Crippen LogP contribution in [0.2, 0.25) is 0 Å². The third-order valence-corrected chi connectivity index (χ3v) is 4.60. The van der Waals surface area contributed by atoms with E-state index in [0.29, 0.717) is 6.42 Å². The van der Waals surface area contributed by atoms with Crippen LogP contribution in [-0.4, -0.2) is 48.3 Å². The van der Waals surface area contributed by atoms with Crippen molar-refractivity contribution < 1.29 is 4.79 Å². The minimum atomic E-state index is 0.